The van der Waals surface area contributed by atoms with Crippen LogP contribution in [0.5, 0.6) is 5.88 Å². The van der Waals surface area contributed by atoms with Gasteiger partial charge in [0.15, 0.2) is 0 Å². The number of ether oxygens (including phenoxy) is 2. The third kappa shape index (κ3) is 3.52. The molecule has 0 unspecified atom stereocenters. The van der Waals surface area contributed by atoms with E-state index in [1.807, 2.05) is 20.2 Å². The van der Waals surface area contributed by atoms with E-state index in [2.05, 4.69) is 15.4 Å². The molecule has 0 aromatic carbocycles. The summed E-state index contributed by atoms with van der Waals surface area (Å²) in [4.78, 5) is 16.6. The van der Waals surface area contributed by atoms with Crippen LogP contribution in [0.3, 0.4) is 0 Å². The first-order valence-corrected chi connectivity index (χ1v) is 8.15. The quantitative estimate of drug-likeness (QED) is 0.893. The highest BCUT2D eigenvalue weighted by Gasteiger charge is 2.32. The summed E-state index contributed by atoms with van der Waals surface area (Å²) < 4.78 is 12.7. The smallest absolute Gasteiger partial charge is 0.253 e. The Morgan fingerprint density at radius 2 is 2.38 bits per heavy atom. The maximum atomic E-state index is 12.5. The number of hydrogen-bond donors (Lipinski definition) is 1. The highest BCUT2D eigenvalue weighted by Crippen LogP contribution is 2.29. The molecule has 3 heterocycles. The Hall–Kier alpha value is -2.12. The van der Waals surface area contributed by atoms with Crippen LogP contribution < -0.4 is 10.1 Å². The van der Waals surface area contributed by atoms with Gasteiger partial charge >= 0.3 is 0 Å². The minimum atomic E-state index is -0.239. The number of hydrogen-bond acceptors (Lipinski definition) is 5. The molecule has 7 nitrogen and oxygen atoms in total. The molecular formula is C16H19ClN4O3. The number of pyridine rings is 1. The molecule has 2 atom stereocenters. The number of halogens is 1. The number of nitrogens with zero attached hydrogens (tertiary/aromatic N) is 3. The topological polar surface area (TPSA) is 78.3 Å². The summed E-state index contributed by atoms with van der Waals surface area (Å²) in [5.41, 5.74) is 1.34. The second kappa shape index (κ2) is 7.19. The summed E-state index contributed by atoms with van der Waals surface area (Å²) >= 11 is 6.09. The molecule has 2 aromatic heterocycles. The van der Waals surface area contributed by atoms with Gasteiger partial charge in [-0.2, -0.15) is 5.10 Å². The molecular weight excluding hydrogens is 332 g/mol. The highest BCUT2D eigenvalue weighted by atomic mass is 35.5. The van der Waals surface area contributed by atoms with Crippen LogP contribution in [0, 0.1) is 0 Å². The fourth-order valence-electron chi connectivity index (χ4n) is 2.70. The highest BCUT2D eigenvalue weighted by molar-refractivity contribution is 6.32. The van der Waals surface area contributed by atoms with Gasteiger partial charge in [-0.3, -0.25) is 9.48 Å². The first kappa shape index (κ1) is 16.7. The summed E-state index contributed by atoms with van der Waals surface area (Å²) in [5, 5.41) is 7.46. The van der Waals surface area contributed by atoms with Crippen LogP contribution in [0.2, 0.25) is 5.02 Å². The van der Waals surface area contributed by atoms with E-state index in [0.29, 0.717) is 29.7 Å². The number of carbonyl (C=O) groups excluding carboxylic acids is 1. The van der Waals surface area contributed by atoms with E-state index in [9.17, 15) is 4.79 Å². The predicted octanol–water partition coefficient (Wildman–Crippen LogP) is 2.13. The molecule has 0 spiro atoms. The lowest BCUT2D eigenvalue weighted by molar-refractivity contribution is 0.0821. The van der Waals surface area contributed by atoms with Crippen molar-refractivity contribution in [2.24, 2.45) is 7.05 Å². The van der Waals surface area contributed by atoms with Crippen LogP contribution in [0.4, 0.5) is 0 Å². The Balaban J connectivity index is 1.71. The summed E-state index contributed by atoms with van der Waals surface area (Å²) in [7, 11) is 1.85. The van der Waals surface area contributed by atoms with Crippen molar-refractivity contribution in [2.45, 2.75) is 25.5 Å². The molecule has 0 saturated carbocycles. The maximum Gasteiger partial charge on any atom is 0.253 e. The number of nitrogens with one attached hydrogen (secondary N) is 1. The number of aromatic nitrogens is 3. The predicted molar refractivity (Wildman–Crippen MR) is 88.2 cm³/mol. The summed E-state index contributed by atoms with van der Waals surface area (Å²) in [6.45, 7) is 2.90. The fourth-order valence-corrected chi connectivity index (χ4v) is 2.92. The average Bonchev–Trinajstić information content (AvgIpc) is 3.18. The second-order valence-electron chi connectivity index (χ2n) is 5.55. The Bertz CT molecular complexity index is 734. The Morgan fingerprint density at radius 1 is 1.54 bits per heavy atom. The van der Waals surface area contributed by atoms with Crippen molar-refractivity contribution in [2.75, 3.05) is 13.2 Å². The summed E-state index contributed by atoms with van der Waals surface area (Å²) in [6.07, 6.45) is 5.65. The van der Waals surface area contributed by atoms with Crippen LogP contribution in [-0.4, -0.2) is 39.9 Å². The van der Waals surface area contributed by atoms with Gasteiger partial charge in [0.25, 0.3) is 5.91 Å². The zero-order chi connectivity index (χ0) is 17.1. The molecule has 0 bridgehead atoms. The van der Waals surface area contributed by atoms with Gasteiger partial charge in [0.2, 0.25) is 5.88 Å². The molecule has 1 N–H and O–H groups in total. The second-order valence-corrected chi connectivity index (χ2v) is 5.96. The first-order chi connectivity index (χ1) is 11.6. The zero-order valence-electron chi connectivity index (χ0n) is 13.5. The van der Waals surface area contributed by atoms with Crippen LogP contribution in [0.25, 0.3) is 0 Å². The van der Waals surface area contributed by atoms with Gasteiger partial charge < -0.3 is 14.8 Å². The molecule has 1 saturated heterocycles. The molecule has 0 aliphatic carbocycles. The van der Waals surface area contributed by atoms with Crippen molar-refractivity contribution in [1.82, 2.24) is 20.1 Å². The van der Waals surface area contributed by atoms with Crippen LogP contribution in [-0.2, 0) is 11.8 Å². The zero-order valence-corrected chi connectivity index (χ0v) is 14.3. The van der Waals surface area contributed by atoms with E-state index < -0.39 is 0 Å². The molecule has 3 rings (SSSR count). The molecule has 1 fully saturated rings. The van der Waals surface area contributed by atoms with Gasteiger partial charge in [-0.1, -0.05) is 11.6 Å². The van der Waals surface area contributed by atoms with E-state index >= 15 is 0 Å². The molecule has 128 valence electrons. The number of carbonyl (C=O) groups is 1. The number of amides is 1. The Labute approximate surface area is 144 Å². The summed E-state index contributed by atoms with van der Waals surface area (Å²) in [5.74, 6) is 0.0880. The minimum Gasteiger partial charge on any atom is -0.477 e. The van der Waals surface area contributed by atoms with E-state index in [-0.39, 0.29) is 18.1 Å². The average molecular weight is 351 g/mol. The lowest BCUT2D eigenvalue weighted by Gasteiger charge is -2.19. The normalized spacial score (nSPS) is 20.1. The van der Waals surface area contributed by atoms with Gasteiger partial charge in [-0.05, 0) is 19.4 Å². The van der Waals surface area contributed by atoms with Crippen LogP contribution in [0.1, 0.15) is 35.4 Å². The monoisotopic (exact) mass is 350 g/mol. The van der Waals surface area contributed by atoms with E-state index in [4.69, 9.17) is 21.1 Å². The van der Waals surface area contributed by atoms with Crippen molar-refractivity contribution in [3.63, 3.8) is 0 Å². The molecule has 24 heavy (non-hydrogen) atoms. The third-order valence-electron chi connectivity index (χ3n) is 3.81. The van der Waals surface area contributed by atoms with Crippen molar-refractivity contribution in [1.29, 1.82) is 0 Å². The van der Waals surface area contributed by atoms with Gasteiger partial charge in [0, 0.05) is 31.6 Å². The van der Waals surface area contributed by atoms with Gasteiger partial charge in [0.1, 0.15) is 11.1 Å². The molecule has 1 aliphatic heterocycles. The van der Waals surface area contributed by atoms with Crippen LogP contribution >= 0.6 is 11.6 Å². The fraction of sp³-hybridized carbons (Fsp3) is 0.438. The largest absolute Gasteiger partial charge is 0.477 e. The number of aryl methyl sites for hydroxylation is 1. The van der Waals surface area contributed by atoms with Gasteiger partial charge in [-0.25, -0.2) is 4.98 Å². The van der Waals surface area contributed by atoms with Crippen molar-refractivity contribution < 1.29 is 14.3 Å². The van der Waals surface area contributed by atoms with Crippen molar-refractivity contribution in [3.8, 4) is 5.88 Å². The number of rotatable bonds is 5. The molecule has 0 radical (unpaired) electrons. The maximum absolute atomic E-state index is 12.5. The van der Waals surface area contributed by atoms with Crippen molar-refractivity contribution >= 4 is 17.5 Å². The SMILES string of the molecule is CCOc1ncc(C(=O)N[C@H]2CCO[C@@H]2c2cnn(C)c2)cc1Cl. The Morgan fingerprint density at radius 3 is 3.04 bits per heavy atom. The summed E-state index contributed by atoms with van der Waals surface area (Å²) in [6, 6.07) is 1.44. The minimum absolute atomic E-state index is 0.118. The van der Waals surface area contributed by atoms with Gasteiger partial charge in [0.05, 0.1) is 24.4 Å². The molecule has 1 amide bonds. The molecule has 1 aliphatic rings. The molecule has 8 heteroatoms. The first-order valence-electron chi connectivity index (χ1n) is 7.78. The van der Waals surface area contributed by atoms with E-state index in [0.717, 1.165) is 12.0 Å². The lowest BCUT2D eigenvalue weighted by Crippen LogP contribution is -2.36. The van der Waals surface area contributed by atoms with E-state index in [1.165, 1.54) is 6.20 Å². The van der Waals surface area contributed by atoms with Crippen molar-refractivity contribution in [3.05, 3.63) is 40.8 Å². The standard InChI is InChI=1S/C16H19ClN4O3/c1-3-23-16-12(17)6-10(7-18-16)15(22)20-13-4-5-24-14(13)11-8-19-21(2)9-11/h6-9,13-14H,3-5H2,1-2H3,(H,20,22)/t13-,14+/m0/s1. The van der Waals surface area contributed by atoms with Gasteiger partial charge in [-0.15, -0.1) is 0 Å². The van der Waals surface area contributed by atoms with Crippen LogP contribution in [0.15, 0.2) is 24.7 Å². The molecule has 2 aromatic rings. The third-order valence-corrected chi connectivity index (χ3v) is 4.08. The Kier molecular flexibility index (Phi) is 5.01. The lowest BCUT2D eigenvalue weighted by atomic mass is 10.1. The van der Waals surface area contributed by atoms with E-state index in [1.54, 1.807) is 16.9 Å².